The van der Waals surface area contributed by atoms with Crippen LogP contribution in [0, 0.1) is 11.7 Å². The summed E-state index contributed by atoms with van der Waals surface area (Å²) in [5, 5.41) is 0. The second-order valence-electron chi connectivity index (χ2n) is 6.66. The lowest BCUT2D eigenvalue weighted by molar-refractivity contribution is 0.409. The molecule has 4 heteroatoms. The number of imidazole rings is 1. The van der Waals surface area contributed by atoms with Crippen LogP contribution < -0.4 is 4.90 Å². The maximum Gasteiger partial charge on any atom is 0.129 e. The second-order valence-corrected chi connectivity index (χ2v) is 6.66. The van der Waals surface area contributed by atoms with Gasteiger partial charge in [-0.3, -0.25) is 0 Å². The third-order valence-corrected chi connectivity index (χ3v) is 5.38. The van der Waals surface area contributed by atoms with Gasteiger partial charge in [-0.15, -0.1) is 0 Å². The lowest BCUT2D eigenvalue weighted by Crippen LogP contribution is -2.24. The Labute approximate surface area is 140 Å². The van der Waals surface area contributed by atoms with Gasteiger partial charge in [0, 0.05) is 35.8 Å². The lowest BCUT2D eigenvalue weighted by Gasteiger charge is -2.24. The fourth-order valence-corrected chi connectivity index (χ4v) is 4.32. The highest BCUT2D eigenvalue weighted by atomic mass is 19.1. The van der Waals surface area contributed by atoms with E-state index >= 15 is 0 Å². The molecule has 1 fully saturated rings. The van der Waals surface area contributed by atoms with E-state index in [9.17, 15) is 4.39 Å². The predicted molar refractivity (Wildman–Crippen MR) is 92.5 cm³/mol. The van der Waals surface area contributed by atoms with Gasteiger partial charge < -0.3 is 9.47 Å². The van der Waals surface area contributed by atoms with Gasteiger partial charge >= 0.3 is 0 Å². The van der Waals surface area contributed by atoms with Crippen molar-refractivity contribution in [2.75, 3.05) is 18.0 Å². The quantitative estimate of drug-likeness (QED) is 0.708. The van der Waals surface area contributed by atoms with E-state index in [0.717, 1.165) is 36.3 Å². The zero-order valence-corrected chi connectivity index (χ0v) is 13.3. The minimum absolute atomic E-state index is 0.0485. The van der Waals surface area contributed by atoms with E-state index in [-0.39, 0.29) is 11.9 Å². The molecule has 2 aromatic carbocycles. The van der Waals surface area contributed by atoms with Crippen LogP contribution in [0.2, 0.25) is 0 Å². The van der Waals surface area contributed by atoms with Crippen molar-refractivity contribution >= 4 is 5.69 Å². The molecule has 0 aliphatic carbocycles. The second kappa shape index (κ2) is 5.20. The summed E-state index contributed by atoms with van der Waals surface area (Å²) in [6, 6.07) is 15.9. The van der Waals surface area contributed by atoms with Crippen LogP contribution in [0.5, 0.6) is 0 Å². The molecule has 2 atom stereocenters. The van der Waals surface area contributed by atoms with Crippen LogP contribution in [0.25, 0.3) is 11.3 Å². The first-order chi connectivity index (χ1) is 11.8. The summed E-state index contributed by atoms with van der Waals surface area (Å²) in [5.74, 6) is 0.288. The fourth-order valence-electron chi connectivity index (χ4n) is 4.32. The number of hydrogen-bond donors (Lipinski definition) is 0. The first kappa shape index (κ1) is 13.8. The molecule has 0 amide bonds. The van der Waals surface area contributed by atoms with Crippen molar-refractivity contribution < 1.29 is 4.39 Å². The summed E-state index contributed by atoms with van der Waals surface area (Å²) >= 11 is 0. The molecule has 0 N–H and O–H groups in total. The van der Waals surface area contributed by atoms with Crippen molar-refractivity contribution in [2.45, 2.75) is 12.5 Å². The average Bonchev–Trinajstić information content (AvgIpc) is 3.31. The van der Waals surface area contributed by atoms with Gasteiger partial charge in [-0.05, 0) is 24.6 Å². The highest BCUT2D eigenvalue weighted by Gasteiger charge is 2.39. The van der Waals surface area contributed by atoms with Gasteiger partial charge in [0.2, 0.25) is 0 Å². The molecular formula is C20H18FN3. The Kier molecular flexibility index (Phi) is 2.98. The summed E-state index contributed by atoms with van der Waals surface area (Å²) < 4.78 is 16.8. The summed E-state index contributed by atoms with van der Waals surface area (Å²) in [5.41, 5.74) is 4.12. The third-order valence-electron chi connectivity index (χ3n) is 5.38. The van der Waals surface area contributed by atoms with Crippen molar-refractivity contribution in [3.05, 3.63) is 72.4 Å². The van der Waals surface area contributed by atoms with Crippen LogP contribution in [0.15, 0.2) is 61.1 Å². The molecule has 120 valence electrons. The van der Waals surface area contributed by atoms with E-state index in [2.05, 4.69) is 38.7 Å². The number of halogens is 1. The van der Waals surface area contributed by atoms with Gasteiger partial charge in [0.15, 0.2) is 0 Å². The molecule has 24 heavy (non-hydrogen) atoms. The zero-order valence-electron chi connectivity index (χ0n) is 13.3. The van der Waals surface area contributed by atoms with Crippen LogP contribution in [0.4, 0.5) is 10.1 Å². The Morgan fingerprint density at radius 2 is 1.92 bits per heavy atom. The van der Waals surface area contributed by atoms with Gasteiger partial charge in [-0.2, -0.15) is 0 Å². The highest BCUT2D eigenvalue weighted by molar-refractivity contribution is 5.69. The Bertz CT molecular complexity index is 887. The highest BCUT2D eigenvalue weighted by Crippen LogP contribution is 2.46. The van der Waals surface area contributed by atoms with Crippen molar-refractivity contribution in [1.29, 1.82) is 0 Å². The zero-order chi connectivity index (χ0) is 16.1. The van der Waals surface area contributed by atoms with E-state index in [4.69, 9.17) is 0 Å². The number of para-hydroxylation sites is 1. The maximum atomic E-state index is 14.6. The van der Waals surface area contributed by atoms with Crippen LogP contribution in [-0.2, 0) is 0 Å². The minimum Gasteiger partial charge on any atom is -0.371 e. The molecule has 1 aromatic heterocycles. The van der Waals surface area contributed by atoms with Gasteiger partial charge in [-0.25, -0.2) is 9.37 Å². The third kappa shape index (κ3) is 1.92. The van der Waals surface area contributed by atoms with E-state index in [1.54, 1.807) is 12.1 Å². The van der Waals surface area contributed by atoms with Crippen molar-refractivity contribution in [3.63, 3.8) is 0 Å². The first-order valence-electron chi connectivity index (χ1n) is 8.43. The standard InChI is InChI=1S/C20H18FN3/c21-17-8-4-7-16-18-11-22-13-24(18)20(19(16)17)14-9-10-23(12-14)15-5-2-1-3-6-15/h1-8,11,13-14,20H,9-10,12H2. The first-order valence-corrected chi connectivity index (χ1v) is 8.43. The molecular weight excluding hydrogens is 301 g/mol. The van der Waals surface area contributed by atoms with E-state index < -0.39 is 0 Å². The number of hydrogen-bond acceptors (Lipinski definition) is 2. The topological polar surface area (TPSA) is 21.1 Å². The molecule has 0 radical (unpaired) electrons. The van der Waals surface area contributed by atoms with E-state index in [0.29, 0.717) is 5.92 Å². The average molecular weight is 319 g/mol. The SMILES string of the molecule is Fc1cccc2c1C(C1CCN(c3ccccc3)C1)n1cncc1-2. The molecule has 3 heterocycles. The van der Waals surface area contributed by atoms with Crippen LogP contribution in [0.1, 0.15) is 18.0 Å². The van der Waals surface area contributed by atoms with Crippen LogP contribution in [0.3, 0.4) is 0 Å². The lowest BCUT2D eigenvalue weighted by atomic mass is 9.91. The maximum absolute atomic E-state index is 14.6. The molecule has 0 spiro atoms. The smallest absolute Gasteiger partial charge is 0.129 e. The number of benzene rings is 2. The number of nitrogens with zero attached hydrogens (tertiary/aromatic N) is 3. The molecule has 0 bridgehead atoms. The molecule has 0 saturated carbocycles. The Morgan fingerprint density at radius 1 is 1.04 bits per heavy atom. The van der Waals surface area contributed by atoms with E-state index in [1.165, 1.54) is 5.69 Å². The molecule has 1 saturated heterocycles. The van der Waals surface area contributed by atoms with Crippen LogP contribution >= 0.6 is 0 Å². The molecule has 2 aliphatic rings. The molecule has 2 unspecified atom stereocenters. The Balaban J connectivity index is 1.52. The van der Waals surface area contributed by atoms with Gasteiger partial charge in [0.1, 0.15) is 5.82 Å². The summed E-state index contributed by atoms with van der Waals surface area (Å²) in [6.45, 7) is 1.96. The van der Waals surface area contributed by atoms with Crippen molar-refractivity contribution in [1.82, 2.24) is 9.55 Å². The van der Waals surface area contributed by atoms with Gasteiger partial charge in [0.25, 0.3) is 0 Å². The number of fused-ring (bicyclic) bond motifs is 3. The fraction of sp³-hybridized carbons (Fsp3) is 0.250. The number of aromatic nitrogens is 2. The normalized spacial score (nSPS) is 21.8. The van der Waals surface area contributed by atoms with Crippen molar-refractivity contribution in [2.24, 2.45) is 5.92 Å². The Morgan fingerprint density at radius 3 is 2.79 bits per heavy atom. The van der Waals surface area contributed by atoms with E-state index in [1.807, 2.05) is 24.7 Å². The summed E-state index contributed by atoms with van der Waals surface area (Å²) in [4.78, 5) is 6.70. The van der Waals surface area contributed by atoms with Gasteiger partial charge in [0.05, 0.1) is 24.3 Å². The number of rotatable bonds is 2. The molecule has 3 nitrogen and oxygen atoms in total. The van der Waals surface area contributed by atoms with Crippen molar-refractivity contribution in [3.8, 4) is 11.3 Å². The molecule has 5 rings (SSSR count). The van der Waals surface area contributed by atoms with Crippen LogP contribution in [-0.4, -0.2) is 22.6 Å². The molecule has 3 aromatic rings. The number of anilines is 1. The molecule has 2 aliphatic heterocycles. The largest absolute Gasteiger partial charge is 0.371 e. The minimum atomic E-state index is -0.0978. The summed E-state index contributed by atoms with van der Waals surface area (Å²) in [6.07, 6.45) is 4.76. The van der Waals surface area contributed by atoms with Gasteiger partial charge in [-0.1, -0.05) is 30.3 Å². The predicted octanol–water partition coefficient (Wildman–Crippen LogP) is 4.12. The monoisotopic (exact) mass is 319 g/mol. The Hall–Kier alpha value is -2.62. The summed E-state index contributed by atoms with van der Waals surface area (Å²) in [7, 11) is 0.